The number of nitrogens with one attached hydrogen (secondary N) is 1. The van der Waals surface area contributed by atoms with Crippen molar-refractivity contribution in [3.8, 4) is 5.75 Å². The van der Waals surface area contributed by atoms with Crippen LogP contribution in [0.1, 0.15) is 21.5 Å². The molecule has 22 heavy (non-hydrogen) atoms. The zero-order valence-corrected chi connectivity index (χ0v) is 15.7. The lowest BCUT2D eigenvalue weighted by Gasteiger charge is -2.08. The van der Waals surface area contributed by atoms with Crippen LogP contribution in [0.4, 0.5) is 0 Å². The van der Waals surface area contributed by atoms with E-state index in [-0.39, 0.29) is 18.3 Å². The average Bonchev–Trinajstić information content (AvgIpc) is 2.93. The molecule has 0 unspecified atom stereocenters. The van der Waals surface area contributed by atoms with Crippen LogP contribution in [0.5, 0.6) is 5.75 Å². The van der Waals surface area contributed by atoms with E-state index in [4.69, 9.17) is 4.74 Å². The van der Waals surface area contributed by atoms with Gasteiger partial charge in [0, 0.05) is 11.8 Å². The number of thiophene rings is 1. The van der Waals surface area contributed by atoms with Crippen molar-refractivity contribution in [1.82, 2.24) is 5.32 Å². The van der Waals surface area contributed by atoms with E-state index >= 15 is 0 Å². The Balaban J connectivity index is 1.96. The molecule has 0 spiro atoms. The van der Waals surface area contributed by atoms with Gasteiger partial charge in [0.15, 0.2) is 6.61 Å². The van der Waals surface area contributed by atoms with Gasteiger partial charge in [0.2, 0.25) is 11.7 Å². The molecule has 1 aromatic heterocycles. The van der Waals surface area contributed by atoms with Crippen molar-refractivity contribution >= 4 is 54.9 Å². The van der Waals surface area contributed by atoms with Crippen LogP contribution in [-0.4, -0.2) is 18.3 Å². The van der Waals surface area contributed by atoms with Gasteiger partial charge in [0.05, 0.1) is 20.4 Å². The molecule has 0 aliphatic rings. The third-order valence-corrected chi connectivity index (χ3v) is 5.09. The molecule has 0 fully saturated rings. The van der Waals surface area contributed by atoms with E-state index < -0.39 is 0 Å². The molecule has 1 N–H and O–H groups in total. The number of carbonyl (C=O) groups excluding carboxylic acids is 2. The molecule has 2 aromatic rings. The maximum Gasteiger partial charge on any atom is 0.217 e. The molecular formula is C15H13Br2NO3S. The second-order valence-electron chi connectivity index (χ2n) is 4.44. The van der Waals surface area contributed by atoms with E-state index in [0.717, 1.165) is 13.8 Å². The quantitative estimate of drug-likeness (QED) is 0.677. The summed E-state index contributed by atoms with van der Waals surface area (Å²) in [5.41, 5.74) is 0. The van der Waals surface area contributed by atoms with Gasteiger partial charge in [-0.3, -0.25) is 9.59 Å². The highest BCUT2D eigenvalue weighted by molar-refractivity contribution is 9.11. The third-order valence-electron chi connectivity index (χ3n) is 2.71. The van der Waals surface area contributed by atoms with Crippen molar-refractivity contribution in [2.75, 3.05) is 6.61 Å². The minimum absolute atomic E-state index is 0.0404. The van der Waals surface area contributed by atoms with Crippen LogP contribution in [0.15, 0.2) is 39.3 Å². The van der Waals surface area contributed by atoms with E-state index in [0.29, 0.717) is 17.2 Å². The Kier molecular flexibility index (Phi) is 6.16. The number of hydrogen-bond acceptors (Lipinski definition) is 4. The highest BCUT2D eigenvalue weighted by Gasteiger charge is 2.13. The lowest BCUT2D eigenvalue weighted by molar-refractivity contribution is -0.119. The summed E-state index contributed by atoms with van der Waals surface area (Å²) in [5, 5.41) is 2.70. The third kappa shape index (κ3) is 4.66. The van der Waals surface area contributed by atoms with Crippen molar-refractivity contribution in [2.45, 2.75) is 13.5 Å². The fourth-order valence-electron chi connectivity index (χ4n) is 1.66. The van der Waals surface area contributed by atoms with E-state index in [1.807, 2.05) is 24.3 Å². The summed E-state index contributed by atoms with van der Waals surface area (Å²) in [6.07, 6.45) is 0. The minimum Gasteiger partial charge on any atom is -0.483 e. The van der Waals surface area contributed by atoms with Gasteiger partial charge in [-0.15, -0.1) is 11.3 Å². The number of para-hydroxylation sites is 1. The Bertz CT molecular complexity index is 680. The molecule has 1 amide bonds. The molecule has 0 aliphatic heterocycles. The highest BCUT2D eigenvalue weighted by Crippen LogP contribution is 2.33. The molecule has 0 bridgehead atoms. The number of benzene rings is 1. The molecule has 0 saturated carbocycles. The molecule has 0 saturated heterocycles. The first-order chi connectivity index (χ1) is 10.5. The Morgan fingerprint density at radius 1 is 1.18 bits per heavy atom. The van der Waals surface area contributed by atoms with E-state index in [2.05, 4.69) is 37.2 Å². The smallest absolute Gasteiger partial charge is 0.217 e. The number of amides is 1. The molecule has 116 valence electrons. The molecule has 0 atom stereocenters. The van der Waals surface area contributed by atoms with Gasteiger partial charge in [-0.1, -0.05) is 6.07 Å². The summed E-state index contributed by atoms with van der Waals surface area (Å²) in [5.74, 6) is 0.413. The van der Waals surface area contributed by atoms with Gasteiger partial charge >= 0.3 is 0 Å². The Labute approximate surface area is 149 Å². The number of hydrogen-bond donors (Lipinski definition) is 1. The standard InChI is InChI=1S/C15H13Br2NO3S/c1-9(19)18-7-10-5-6-14(22-10)13(20)8-21-15-11(16)3-2-4-12(15)17/h2-6H,7-8H2,1H3,(H,18,19). The summed E-state index contributed by atoms with van der Waals surface area (Å²) >= 11 is 8.13. The Hall–Kier alpha value is -1.18. The van der Waals surface area contributed by atoms with E-state index in [9.17, 15) is 9.59 Å². The summed E-state index contributed by atoms with van der Waals surface area (Å²) < 4.78 is 7.15. The largest absolute Gasteiger partial charge is 0.483 e. The number of Topliss-reactive ketones (excluding diaryl/α,β-unsaturated/α-hetero) is 1. The molecule has 0 radical (unpaired) electrons. The molecule has 0 aliphatic carbocycles. The summed E-state index contributed by atoms with van der Waals surface area (Å²) in [4.78, 5) is 24.6. The molecule has 4 nitrogen and oxygen atoms in total. The maximum absolute atomic E-state index is 12.2. The number of halogens is 2. The van der Waals surface area contributed by atoms with Crippen LogP contribution < -0.4 is 10.1 Å². The van der Waals surface area contributed by atoms with Crippen molar-refractivity contribution in [3.63, 3.8) is 0 Å². The van der Waals surface area contributed by atoms with E-state index in [1.54, 1.807) is 6.07 Å². The van der Waals surface area contributed by atoms with Crippen LogP contribution in [-0.2, 0) is 11.3 Å². The molecular weight excluding hydrogens is 434 g/mol. The van der Waals surface area contributed by atoms with Crippen LogP contribution in [0, 0.1) is 0 Å². The molecule has 1 aromatic carbocycles. The zero-order valence-electron chi connectivity index (χ0n) is 11.7. The van der Waals surface area contributed by atoms with Gasteiger partial charge in [-0.25, -0.2) is 0 Å². The predicted molar refractivity (Wildman–Crippen MR) is 93.5 cm³/mol. The van der Waals surface area contributed by atoms with Crippen LogP contribution in [0.25, 0.3) is 0 Å². The normalized spacial score (nSPS) is 10.3. The van der Waals surface area contributed by atoms with Crippen molar-refractivity contribution < 1.29 is 14.3 Å². The SMILES string of the molecule is CC(=O)NCc1ccc(C(=O)COc2c(Br)cccc2Br)s1. The minimum atomic E-state index is -0.0956. The van der Waals surface area contributed by atoms with Crippen LogP contribution >= 0.6 is 43.2 Å². The number of ketones is 1. The first-order valence-corrected chi connectivity index (χ1v) is 8.81. The number of carbonyl (C=O) groups is 2. The summed E-state index contributed by atoms with van der Waals surface area (Å²) in [7, 11) is 0. The van der Waals surface area contributed by atoms with Gasteiger partial charge in [-0.2, -0.15) is 0 Å². The summed E-state index contributed by atoms with van der Waals surface area (Å²) in [6.45, 7) is 1.86. The Morgan fingerprint density at radius 3 is 2.50 bits per heavy atom. The van der Waals surface area contributed by atoms with Gasteiger partial charge < -0.3 is 10.1 Å². The monoisotopic (exact) mass is 445 g/mol. The van der Waals surface area contributed by atoms with Gasteiger partial charge in [0.1, 0.15) is 5.75 Å². The lowest BCUT2D eigenvalue weighted by Crippen LogP contribution is -2.18. The van der Waals surface area contributed by atoms with Crippen molar-refractivity contribution in [1.29, 1.82) is 0 Å². The fourth-order valence-corrected chi connectivity index (χ4v) is 3.76. The molecule has 7 heteroatoms. The van der Waals surface area contributed by atoms with Crippen molar-refractivity contribution in [3.05, 3.63) is 49.0 Å². The van der Waals surface area contributed by atoms with Crippen LogP contribution in [0.2, 0.25) is 0 Å². The average molecular weight is 447 g/mol. The molecule has 2 rings (SSSR count). The van der Waals surface area contributed by atoms with Crippen LogP contribution in [0.3, 0.4) is 0 Å². The van der Waals surface area contributed by atoms with Crippen molar-refractivity contribution in [2.24, 2.45) is 0 Å². The molecule has 1 heterocycles. The first kappa shape index (κ1) is 17.2. The van der Waals surface area contributed by atoms with E-state index in [1.165, 1.54) is 18.3 Å². The second kappa shape index (κ2) is 7.89. The lowest BCUT2D eigenvalue weighted by atomic mass is 10.3. The van der Waals surface area contributed by atoms with Gasteiger partial charge in [-0.05, 0) is 56.1 Å². The topological polar surface area (TPSA) is 55.4 Å². The summed E-state index contributed by atoms with van der Waals surface area (Å²) in [6, 6.07) is 9.16. The number of ether oxygens (including phenoxy) is 1. The second-order valence-corrected chi connectivity index (χ2v) is 7.32. The maximum atomic E-state index is 12.2. The fraction of sp³-hybridized carbons (Fsp3) is 0.200. The zero-order chi connectivity index (χ0) is 16.1. The first-order valence-electron chi connectivity index (χ1n) is 6.40. The highest BCUT2D eigenvalue weighted by atomic mass is 79.9. The van der Waals surface area contributed by atoms with Gasteiger partial charge in [0.25, 0.3) is 0 Å². The Morgan fingerprint density at radius 2 is 1.86 bits per heavy atom. The predicted octanol–water partition coefficient (Wildman–Crippen LogP) is 4.17. The number of rotatable bonds is 6.